The topological polar surface area (TPSA) is 136 Å². The van der Waals surface area contributed by atoms with Gasteiger partial charge >= 0.3 is 0 Å². The van der Waals surface area contributed by atoms with Gasteiger partial charge in [0.15, 0.2) is 5.43 Å². The summed E-state index contributed by atoms with van der Waals surface area (Å²) in [5.74, 6) is 0.290. The van der Waals surface area contributed by atoms with E-state index in [1.165, 1.54) is 35.6 Å². The smallest absolute Gasteiger partial charge is 0.264 e. The molecule has 0 saturated carbocycles. The van der Waals surface area contributed by atoms with Gasteiger partial charge < -0.3 is 10.3 Å². The second-order valence-corrected chi connectivity index (χ2v) is 10.5. The SMILES string of the molecule is C[C@H](Nc1ncnc2[nH]ccc(=O)c12)c1c(Cl)c2cccc(S(=O)c3ncccn3)c2c(=O)n1-c1ccccc1. The van der Waals surface area contributed by atoms with Gasteiger partial charge in [-0.25, -0.2) is 24.1 Å². The van der Waals surface area contributed by atoms with Gasteiger partial charge in [-0.2, -0.15) is 0 Å². The maximum absolute atomic E-state index is 14.3. The number of fused-ring (bicyclic) bond motifs is 2. The number of nitrogens with one attached hydrogen (secondary N) is 2. The first-order chi connectivity index (χ1) is 19.5. The first-order valence-corrected chi connectivity index (χ1v) is 13.7. The molecular weight excluding hydrogens is 550 g/mol. The number of anilines is 1. The minimum absolute atomic E-state index is 0.0803. The molecule has 0 amide bonds. The number of hydrogen-bond acceptors (Lipinski definition) is 8. The van der Waals surface area contributed by atoms with Gasteiger partial charge in [0, 0.05) is 35.7 Å². The molecule has 4 aromatic heterocycles. The lowest BCUT2D eigenvalue weighted by Crippen LogP contribution is -2.27. The predicted molar refractivity (Wildman–Crippen MR) is 153 cm³/mol. The van der Waals surface area contributed by atoms with Crippen LogP contribution in [0, 0.1) is 0 Å². The van der Waals surface area contributed by atoms with Crippen LogP contribution in [0.4, 0.5) is 5.82 Å². The van der Waals surface area contributed by atoms with Crippen molar-refractivity contribution in [2.45, 2.75) is 23.0 Å². The molecule has 0 aliphatic carbocycles. The molecule has 6 aromatic rings. The fourth-order valence-corrected chi connectivity index (χ4v) is 6.13. The number of rotatable bonds is 6. The monoisotopic (exact) mass is 569 g/mol. The van der Waals surface area contributed by atoms with Crippen LogP contribution in [0.3, 0.4) is 0 Å². The van der Waals surface area contributed by atoms with E-state index in [1.807, 2.05) is 13.0 Å². The van der Waals surface area contributed by atoms with Crippen molar-refractivity contribution in [1.82, 2.24) is 29.5 Å². The predicted octanol–water partition coefficient (Wildman–Crippen LogP) is 4.41. The molecule has 10 nitrogen and oxygen atoms in total. The number of aromatic nitrogens is 6. The minimum Gasteiger partial charge on any atom is -0.361 e. The molecule has 2 atom stereocenters. The Kier molecular flexibility index (Phi) is 6.66. The van der Waals surface area contributed by atoms with E-state index in [4.69, 9.17) is 11.6 Å². The maximum atomic E-state index is 14.3. The van der Waals surface area contributed by atoms with Gasteiger partial charge in [0.2, 0.25) is 5.16 Å². The van der Waals surface area contributed by atoms with Crippen LogP contribution in [0.1, 0.15) is 18.7 Å². The highest BCUT2D eigenvalue weighted by atomic mass is 35.5. The molecular formula is C28H20ClN7O3S. The highest BCUT2D eigenvalue weighted by Gasteiger charge is 2.26. The Hall–Kier alpha value is -4.74. The first-order valence-electron chi connectivity index (χ1n) is 12.2. The fraction of sp³-hybridized carbons (Fsp3) is 0.0714. The van der Waals surface area contributed by atoms with Gasteiger partial charge in [-0.15, -0.1) is 0 Å². The summed E-state index contributed by atoms with van der Waals surface area (Å²) >= 11 is 7.07. The molecule has 40 heavy (non-hydrogen) atoms. The lowest BCUT2D eigenvalue weighted by atomic mass is 10.1. The Balaban J connectivity index is 1.60. The Morgan fingerprint density at radius 2 is 1.70 bits per heavy atom. The Morgan fingerprint density at radius 1 is 0.925 bits per heavy atom. The number of benzene rings is 2. The van der Waals surface area contributed by atoms with Crippen molar-refractivity contribution in [3.63, 3.8) is 0 Å². The highest BCUT2D eigenvalue weighted by Crippen LogP contribution is 2.35. The molecule has 0 fully saturated rings. The van der Waals surface area contributed by atoms with E-state index in [0.717, 1.165) is 0 Å². The molecule has 12 heteroatoms. The maximum Gasteiger partial charge on any atom is 0.264 e. The molecule has 2 aromatic carbocycles. The molecule has 0 spiro atoms. The van der Waals surface area contributed by atoms with Gasteiger partial charge in [-0.1, -0.05) is 41.9 Å². The van der Waals surface area contributed by atoms with E-state index in [1.54, 1.807) is 48.5 Å². The number of para-hydroxylation sites is 1. The molecule has 2 N–H and O–H groups in total. The number of H-pyrrole nitrogens is 1. The Morgan fingerprint density at radius 3 is 2.48 bits per heavy atom. The third-order valence-electron chi connectivity index (χ3n) is 6.38. The van der Waals surface area contributed by atoms with Gasteiger partial charge in [0.1, 0.15) is 34.0 Å². The zero-order chi connectivity index (χ0) is 27.8. The summed E-state index contributed by atoms with van der Waals surface area (Å²) in [6.07, 6.45) is 5.84. The van der Waals surface area contributed by atoms with Crippen molar-refractivity contribution < 1.29 is 4.21 Å². The molecule has 6 rings (SSSR count). The molecule has 4 heterocycles. The Labute approximate surface area is 234 Å². The lowest BCUT2D eigenvalue weighted by molar-refractivity contribution is 0.676. The molecule has 0 aliphatic rings. The molecule has 0 bridgehead atoms. The van der Waals surface area contributed by atoms with Crippen LogP contribution in [-0.2, 0) is 10.8 Å². The average Bonchev–Trinajstić information content (AvgIpc) is 2.99. The number of pyridine rings is 2. The van der Waals surface area contributed by atoms with Crippen molar-refractivity contribution in [2.24, 2.45) is 0 Å². The quantitative estimate of drug-likeness (QED) is 0.282. The van der Waals surface area contributed by atoms with Crippen molar-refractivity contribution in [3.05, 3.63) is 117 Å². The third kappa shape index (κ3) is 4.34. The third-order valence-corrected chi connectivity index (χ3v) is 8.06. The van der Waals surface area contributed by atoms with Crippen LogP contribution >= 0.6 is 11.6 Å². The van der Waals surface area contributed by atoms with E-state index in [-0.39, 0.29) is 31.3 Å². The molecule has 0 aliphatic heterocycles. The number of aromatic amines is 1. The summed E-state index contributed by atoms with van der Waals surface area (Å²) in [6.45, 7) is 1.82. The largest absolute Gasteiger partial charge is 0.361 e. The summed E-state index contributed by atoms with van der Waals surface area (Å²) in [5.41, 5.74) is 0.687. The summed E-state index contributed by atoms with van der Waals surface area (Å²) in [6, 6.07) is 16.4. The van der Waals surface area contributed by atoms with E-state index < -0.39 is 22.4 Å². The van der Waals surface area contributed by atoms with Gasteiger partial charge in [0.25, 0.3) is 5.56 Å². The van der Waals surface area contributed by atoms with Crippen molar-refractivity contribution in [1.29, 1.82) is 0 Å². The van der Waals surface area contributed by atoms with Crippen LogP contribution in [0.15, 0.2) is 105 Å². The highest BCUT2D eigenvalue weighted by molar-refractivity contribution is 7.85. The number of halogens is 1. The van der Waals surface area contributed by atoms with Gasteiger partial charge in [-0.05, 0) is 31.2 Å². The van der Waals surface area contributed by atoms with E-state index >= 15 is 0 Å². The van der Waals surface area contributed by atoms with Crippen LogP contribution in [-0.4, -0.2) is 33.7 Å². The molecule has 0 saturated heterocycles. The summed E-state index contributed by atoms with van der Waals surface area (Å²) < 4.78 is 15.0. The second-order valence-electron chi connectivity index (χ2n) is 8.81. The van der Waals surface area contributed by atoms with Crippen LogP contribution in [0.25, 0.3) is 27.5 Å². The normalized spacial score (nSPS) is 12.8. The fourth-order valence-electron chi connectivity index (χ4n) is 4.63. The Bertz CT molecular complexity index is 2030. The van der Waals surface area contributed by atoms with Crippen LogP contribution in [0.2, 0.25) is 5.02 Å². The lowest BCUT2D eigenvalue weighted by Gasteiger charge is -2.23. The minimum atomic E-state index is -1.84. The van der Waals surface area contributed by atoms with Crippen LogP contribution in [0.5, 0.6) is 0 Å². The number of hydrogen-bond donors (Lipinski definition) is 2. The van der Waals surface area contributed by atoms with E-state index in [0.29, 0.717) is 28.2 Å². The zero-order valence-electron chi connectivity index (χ0n) is 20.9. The average molecular weight is 570 g/mol. The zero-order valence-corrected chi connectivity index (χ0v) is 22.5. The summed E-state index contributed by atoms with van der Waals surface area (Å²) in [5, 5.41) is 4.51. The van der Waals surface area contributed by atoms with Crippen molar-refractivity contribution in [3.8, 4) is 5.69 Å². The van der Waals surface area contributed by atoms with Gasteiger partial charge in [-0.3, -0.25) is 14.2 Å². The van der Waals surface area contributed by atoms with Crippen LogP contribution < -0.4 is 16.3 Å². The van der Waals surface area contributed by atoms with Gasteiger partial charge in [0.05, 0.1) is 27.0 Å². The second kappa shape index (κ2) is 10.4. The standard InChI is InChI=1S/C28H20ClN7O3S/c1-16(35-26-22-19(37)11-14-30-25(22)33-15-34-26)24-23(29)18-9-5-10-20(40(39)28-31-12-6-13-32-28)21(18)27(38)36(24)17-7-3-2-4-8-17/h2-16H,1H3,(H2,30,33,34,35,37)/t16-,40?/m0/s1. The first kappa shape index (κ1) is 25.5. The molecule has 1 unspecified atom stereocenters. The summed E-state index contributed by atoms with van der Waals surface area (Å²) in [4.78, 5) is 46.8. The molecule has 198 valence electrons. The number of nitrogens with zero attached hydrogens (tertiary/aromatic N) is 5. The van der Waals surface area contributed by atoms with Crippen molar-refractivity contribution in [2.75, 3.05) is 5.32 Å². The van der Waals surface area contributed by atoms with Crippen molar-refractivity contribution >= 4 is 50.0 Å². The van der Waals surface area contributed by atoms with E-state index in [9.17, 15) is 13.8 Å². The van der Waals surface area contributed by atoms with E-state index in [2.05, 4.69) is 30.2 Å². The molecule has 0 radical (unpaired) electrons. The summed E-state index contributed by atoms with van der Waals surface area (Å²) in [7, 11) is -1.84.